The lowest BCUT2D eigenvalue weighted by atomic mass is 9.44. The summed E-state index contributed by atoms with van der Waals surface area (Å²) in [4.78, 5) is 12.6. The van der Waals surface area contributed by atoms with E-state index < -0.39 is 5.60 Å². The predicted octanol–water partition coefficient (Wildman–Crippen LogP) is 4.12. The molecule has 1 aliphatic heterocycles. The molecule has 0 spiro atoms. The van der Waals surface area contributed by atoms with Crippen molar-refractivity contribution in [3.05, 3.63) is 0 Å². The Morgan fingerprint density at radius 2 is 1.80 bits per heavy atom. The second kappa shape index (κ2) is 4.70. The van der Waals surface area contributed by atoms with Crippen molar-refractivity contribution in [2.75, 3.05) is 0 Å². The highest BCUT2D eigenvalue weighted by molar-refractivity contribution is 5.91. The summed E-state index contributed by atoms with van der Waals surface area (Å²) in [5, 5.41) is 10.2. The summed E-state index contributed by atoms with van der Waals surface area (Å²) in [6, 6.07) is 0. The van der Waals surface area contributed by atoms with Gasteiger partial charge in [-0.3, -0.25) is 4.79 Å². The Labute approximate surface area is 151 Å². The zero-order valence-corrected chi connectivity index (χ0v) is 16.3. The predicted molar refractivity (Wildman–Crippen MR) is 96.0 cm³/mol. The Kier molecular flexibility index (Phi) is 3.15. The van der Waals surface area contributed by atoms with Crippen molar-refractivity contribution in [3.8, 4) is 0 Å². The third-order valence-corrected chi connectivity index (χ3v) is 10.0. The minimum absolute atomic E-state index is 0.0339. The SMILES string of the molecule is CC(=O)[C@@]12O[C@]1(C)C[C@@H]1[C@@H]3CC[C@H]4C[C@H](O)CC[C@]4(C)[C@H]3CC[C@]12C. The number of aliphatic hydroxyl groups excluding tert-OH is 1. The Morgan fingerprint density at radius 3 is 2.52 bits per heavy atom. The van der Waals surface area contributed by atoms with Crippen molar-refractivity contribution in [2.45, 2.75) is 96.4 Å². The zero-order chi connectivity index (χ0) is 17.8. The smallest absolute Gasteiger partial charge is 0.165 e. The highest BCUT2D eigenvalue weighted by Gasteiger charge is 2.85. The molecule has 3 heteroatoms. The van der Waals surface area contributed by atoms with Crippen molar-refractivity contribution in [1.29, 1.82) is 0 Å². The molecule has 3 nitrogen and oxygen atoms in total. The first-order valence-electron chi connectivity index (χ1n) is 10.6. The van der Waals surface area contributed by atoms with Gasteiger partial charge in [-0.2, -0.15) is 0 Å². The Bertz CT molecular complexity index is 631. The summed E-state index contributed by atoms with van der Waals surface area (Å²) in [5.74, 6) is 3.13. The minimum atomic E-state index is -0.490. The molecule has 9 atom stereocenters. The van der Waals surface area contributed by atoms with Crippen LogP contribution in [0.15, 0.2) is 0 Å². The number of rotatable bonds is 1. The molecule has 0 unspecified atom stereocenters. The molecule has 1 heterocycles. The topological polar surface area (TPSA) is 49.8 Å². The van der Waals surface area contributed by atoms with Crippen LogP contribution in [0.3, 0.4) is 0 Å². The first-order valence-corrected chi connectivity index (χ1v) is 10.6. The van der Waals surface area contributed by atoms with Crippen LogP contribution in [-0.2, 0) is 9.53 Å². The number of carbonyl (C=O) groups excluding carboxylic acids is 1. The maximum absolute atomic E-state index is 12.6. The van der Waals surface area contributed by atoms with Gasteiger partial charge >= 0.3 is 0 Å². The highest BCUT2D eigenvalue weighted by atomic mass is 16.6. The number of ether oxygens (including phenoxy) is 1. The molecule has 0 radical (unpaired) electrons. The van der Waals surface area contributed by atoms with Gasteiger partial charge in [0.05, 0.1) is 6.10 Å². The van der Waals surface area contributed by atoms with E-state index in [0.29, 0.717) is 17.3 Å². The van der Waals surface area contributed by atoms with Gasteiger partial charge in [-0.05, 0) is 94.3 Å². The van der Waals surface area contributed by atoms with Gasteiger partial charge in [0.1, 0.15) is 5.60 Å². The fraction of sp³-hybridized carbons (Fsp3) is 0.955. The summed E-state index contributed by atoms with van der Waals surface area (Å²) in [5.41, 5.74) is -0.253. The summed E-state index contributed by atoms with van der Waals surface area (Å²) in [6.45, 7) is 8.84. The lowest BCUT2D eigenvalue weighted by Crippen LogP contribution is -2.56. The van der Waals surface area contributed by atoms with Crippen molar-refractivity contribution in [2.24, 2.45) is 34.5 Å². The van der Waals surface area contributed by atoms with E-state index in [4.69, 9.17) is 4.74 Å². The van der Waals surface area contributed by atoms with Crippen LogP contribution in [0.2, 0.25) is 0 Å². The molecule has 5 rings (SSSR count). The molecule has 0 aromatic rings. The first-order chi connectivity index (χ1) is 11.7. The number of hydrogen-bond donors (Lipinski definition) is 1. The van der Waals surface area contributed by atoms with E-state index in [9.17, 15) is 9.90 Å². The van der Waals surface area contributed by atoms with Gasteiger partial charge in [0, 0.05) is 5.41 Å². The summed E-state index contributed by atoms with van der Waals surface area (Å²) >= 11 is 0. The number of hydrogen-bond acceptors (Lipinski definition) is 3. The van der Waals surface area contributed by atoms with E-state index in [1.165, 1.54) is 25.7 Å². The molecular formula is C22H34O3. The second-order valence-corrected chi connectivity index (χ2v) is 10.8. The maximum Gasteiger partial charge on any atom is 0.165 e. The van der Waals surface area contributed by atoms with Gasteiger partial charge in [0.15, 0.2) is 11.4 Å². The molecule has 1 N–H and O–H groups in total. The normalized spacial score (nSPS) is 62.4. The van der Waals surface area contributed by atoms with Gasteiger partial charge in [-0.25, -0.2) is 0 Å². The molecule has 0 bridgehead atoms. The van der Waals surface area contributed by atoms with Gasteiger partial charge < -0.3 is 9.84 Å². The van der Waals surface area contributed by atoms with Crippen LogP contribution in [0, 0.1) is 34.5 Å². The largest absolute Gasteiger partial charge is 0.393 e. The molecule has 1 saturated heterocycles. The summed E-state index contributed by atoms with van der Waals surface area (Å²) < 4.78 is 6.20. The highest BCUT2D eigenvalue weighted by Crippen LogP contribution is 2.77. The number of aliphatic hydroxyl groups is 1. The zero-order valence-electron chi connectivity index (χ0n) is 16.3. The standard InChI is InChI=1S/C22H34O3/c1-13(23)22-20(3)10-8-17-16(18(20)12-21(22,4)25-22)6-5-14-11-15(24)7-9-19(14,17)2/h14-18,24H,5-12H2,1-4H3/t14-,15+,16+,17-,18+,19-,20+,21+,22-/m0/s1. The van der Waals surface area contributed by atoms with Gasteiger partial charge in [0.25, 0.3) is 0 Å². The van der Waals surface area contributed by atoms with Crippen LogP contribution in [0.4, 0.5) is 0 Å². The molecule has 5 aliphatic rings. The number of carbonyl (C=O) groups is 1. The minimum Gasteiger partial charge on any atom is -0.393 e. The van der Waals surface area contributed by atoms with E-state index in [2.05, 4.69) is 20.8 Å². The van der Waals surface area contributed by atoms with Crippen LogP contribution < -0.4 is 0 Å². The van der Waals surface area contributed by atoms with Gasteiger partial charge in [-0.1, -0.05) is 13.8 Å². The van der Waals surface area contributed by atoms with Gasteiger partial charge in [-0.15, -0.1) is 0 Å². The number of fused-ring (bicyclic) bond motifs is 7. The van der Waals surface area contributed by atoms with E-state index in [-0.39, 0.29) is 22.9 Å². The quantitative estimate of drug-likeness (QED) is 0.727. The monoisotopic (exact) mass is 346 g/mol. The molecule has 0 aromatic carbocycles. The summed E-state index contributed by atoms with van der Waals surface area (Å²) in [7, 11) is 0. The molecule has 4 aliphatic carbocycles. The molecule has 5 fully saturated rings. The van der Waals surface area contributed by atoms with Crippen molar-refractivity contribution >= 4 is 5.78 Å². The lowest BCUT2D eigenvalue weighted by molar-refractivity contribution is -0.152. The summed E-state index contributed by atoms with van der Waals surface area (Å²) in [6.07, 6.45) is 9.14. The molecule has 25 heavy (non-hydrogen) atoms. The van der Waals surface area contributed by atoms with Gasteiger partial charge in [0.2, 0.25) is 0 Å². The molecular weight excluding hydrogens is 312 g/mol. The van der Waals surface area contributed by atoms with E-state index in [1.54, 1.807) is 6.92 Å². The average Bonchev–Trinajstić information content (AvgIpc) is 3.13. The number of ketones is 1. The third kappa shape index (κ3) is 1.74. The molecule has 0 amide bonds. The lowest BCUT2D eigenvalue weighted by Gasteiger charge is -2.61. The molecule has 140 valence electrons. The second-order valence-electron chi connectivity index (χ2n) is 10.8. The number of Topliss-reactive ketones (excluding diaryl/α,β-unsaturated/α-hetero) is 1. The molecule has 4 saturated carbocycles. The Morgan fingerprint density at radius 1 is 1.04 bits per heavy atom. The third-order valence-electron chi connectivity index (χ3n) is 10.0. The van der Waals surface area contributed by atoms with E-state index in [0.717, 1.165) is 37.5 Å². The fourth-order valence-electron chi connectivity index (χ4n) is 8.85. The average molecular weight is 347 g/mol. The van der Waals surface area contributed by atoms with Crippen molar-refractivity contribution in [3.63, 3.8) is 0 Å². The van der Waals surface area contributed by atoms with Crippen LogP contribution in [0.25, 0.3) is 0 Å². The van der Waals surface area contributed by atoms with Crippen LogP contribution in [-0.4, -0.2) is 28.2 Å². The van der Waals surface area contributed by atoms with Crippen LogP contribution >= 0.6 is 0 Å². The van der Waals surface area contributed by atoms with Crippen LogP contribution in [0.5, 0.6) is 0 Å². The van der Waals surface area contributed by atoms with E-state index in [1.807, 2.05) is 0 Å². The Hall–Kier alpha value is -0.410. The Balaban J connectivity index is 1.49. The van der Waals surface area contributed by atoms with E-state index >= 15 is 0 Å². The first kappa shape index (κ1) is 16.7. The van der Waals surface area contributed by atoms with Crippen molar-refractivity contribution < 1.29 is 14.6 Å². The maximum atomic E-state index is 12.6. The van der Waals surface area contributed by atoms with Crippen molar-refractivity contribution in [1.82, 2.24) is 0 Å². The van der Waals surface area contributed by atoms with Crippen LogP contribution in [0.1, 0.15) is 79.1 Å². The fourth-order valence-corrected chi connectivity index (χ4v) is 8.85. The number of epoxide rings is 1. The molecule has 0 aromatic heterocycles.